The van der Waals surface area contributed by atoms with Crippen molar-refractivity contribution in [1.82, 2.24) is 0 Å². The van der Waals surface area contributed by atoms with Crippen LogP contribution in [-0.2, 0) is 0 Å². The summed E-state index contributed by atoms with van der Waals surface area (Å²) in [6, 6.07) is 7.65. The van der Waals surface area contributed by atoms with Crippen LogP contribution in [0.1, 0.15) is 49.4 Å². The maximum Gasteiger partial charge on any atom is 0.159 e. The fraction of sp³-hybridized carbons (Fsp3) is 0.562. The first-order valence-corrected chi connectivity index (χ1v) is 8.05. The van der Waals surface area contributed by atoms with Gasteiger partial charge in [-0.25, -0.2) is 0 Å². The molecule has 2 rings (SSSR count). The van der Waals surface area contributed by atoms with E-state index in [-0.39, 0.29) is 11.9 Å². The van der Waals surface area contributed by atoms with E-state index in [4.69, 9.17) is 0 Å². The molecule has 3 heteroatoms. The lowest BCUT2D eigenvalue weighted by molar-refractivity contribution is 0.101. The standard InChI is InChI=1S/C16H22O2S/c1-12(17)14-7-4-8-16(10-14)19-11-15(18)9-13-5-2-3-6-13/h4,7-8,10,13,15,18H,2-3,5-6,9,11H2,1H3. The summed E-state index contributed by atoms with van der Waals surface area (Å²) in [5.41, 5.74) is 0.746. The molecule has 0 radical (unpaired) electrons. The first-order chi connectivity index (χ1) is 9.15. The second kappa shape index (κ2) is 7.11. The number of rotatable bonds is 6. The number of aliphatic hydroxyl groups is 1. The average molecular weight is 278 g/mol. The molecule has 1 atom stereocenters. The molecule has 0 bridgehead atoms. The molecule has 2 nitrogen and oxygen atoms in total. The van der Waals surface area contributed by atoms with E-state index >= 15 is 0 Å². The summed E-state index contributed by atoms with van der Waals surface area (Å²) in [4.78, 5) is 12.4. The Balaban J connectivity index is 1.80. The summed E-state index contributed by atoms with van der Waals surface area (Å²) in [6.07, 6.45) is 5.91. The third-order valence-corrected chi connectivity index (χ3v) is 4.90. The SMILES string of the molecule is CC(=O)c1cccc(SCC(O)CC2CCCC2)c1. The highest BCUT2D eigenvalue weighted by Crippen LogP contribution is 2.30. The Morgan fingerprint density at radius 1 is 1.42 bits per heavy atom. The van der Waals surface area contributed by atoms with Gasteiger partial charge < -0.3 is 5.11 Å². The molecular formula is C16H22O2S. The predicted molar refractivity (Wildman–Crippen MR) is 79.8 cm³/mol. The summed E-state index contributed by atoms with van der Waals surface area (Å²) < 4.78 is 0. The molecule has 1 fully saturated rings. The van der Waals surface area contributed by atoms with Gasteiger partial charge in [0.05, 0.1) is 6.10 Å². The van der Waals surface area contributed by atoms with Gasteiger partial charge in [0.1, 0.15) is 0 Å². The molecule has 0 aliphatic heterocycles. The second-order valence-electron chi connectivity index (χ2n) is 5.44. The Bertz CT molecular complexity index is 425. The Morgan fingerprint density at radius 2 is 2.16 bits per heavy atom. The van der Waals surface area contributed by atoms with Crippen LogP contribution in [0.15, 0.2) is 29.2 Å². The van der Waals surface area contributed by atoms with Crippen molar-refractivity contribution in [2.75, 3.05) is 5.75 Å². The minimum atomic E-state index is -0.228. The van der Waals surface area contributed by atoms with E-state index in [1.54, 1.807) is 18.7 Å². The van der Waals surface area contributed by atoms with Gasteiger partial charge in [0.25, 0.3) is 0 Å². The Hall–Kier alpha value is -0.800. The number of carbonyl (C=O) groups excluding carboxylic acids is 1. The number of hydrogen-bond acceptors (Lipinski definition) is 3. The number of ketones is 1. The van der Waals surface area contributed by atoms with Gasteiger partial charge in [-0.05, 0) is 31.4 Å². The average Bonchev–Trinajstić information content (AvgIpc) is 2.89. The fourth-order valence-corrected chi connectivity index (χ4v) is 3.60. The molecule has 1 aliphatic carbocycles. The number of Topliss-reactive ketones (excluding diaryl/α,β-unsaturated/α-hetero) is 1. The molecule has 0 heterocycles. The molecule has 1 aromatic rings. The van der Waals surface area contributed by atoms with Crippen molar-refractivity contribution in [3.63, 3.8) is 0 Å². The van der Waals surface area contributed by atoms with E-state index < -0.39 is 0 Å². The van der Waals surface area contributed by atoms with E-state index in [0.717, 1.165) is 28.6 Å². The molecular weight excluding hydrogens is 256 g/mol. The van der Waals surface area contributed by atoms with Crippen molar-refractivity contribution in [3.8, 4) is 0 Å². The molecule has 0 saturated heterocycles. The van der Waals surface area contributed by atoms with Crippen LogP contribution in [-0.4, -0.2) is 22.7 Å². The van der Waals surface area contributed by atoms with Gasteiger partial charge in [-0.1, -0.05) is 37.8 Å². The van der Waals surface area contributed by atoms with Gasteiger partial charge >= 0.3 is 0 Å². The van der Waals surface area contributed by atoms with Crippen LogP contribution in [0.5, 0.6) is 0 Å². The van der Waals surface area contributed by atoms with E-state index in [2.05, 4.69) is 0 Å². The van der Waals surface area contributed by atoms with Gasteiger partial charge in [-0.3, -0.25) is 4.79 Å². The zero-order chi connectivity index (χ0) is 13.7. The lowest BCUT2D eigenvalue weighted by Gasteiger charge is -2.15. The first kappa shape index (κ1) is 14.6. The minimum absolute atomic E-state index is 0.0916. The molecule has 1 aliphatic rings. The summed E-state index contributed by atoms with van der Waals surface area (Å²) in [7, 11) is 0. The van der Waals surface area contributed by atoms with Crippen LogP contribution in [0.3, 0.4) is 0 Å². The molecule has 19 heavy (non-hydrogen) atoms. The summed E-state index contributed by atoms with van der Waals surface area (Å²) >= 11 is 1.64. The highest BCUT2D eigenvalue weighted by Gasteiger charge is 2.18. The van der Waals surface area contributed by atoms with Crippen molar-refractivity contribution in [2.45, 2.75) is 50.0 Å². The lowest BCUT2D eigenvalue weighted by atomic mass is 10.0. The summed E-state index contributed by atoms with van der Waals surface area (Å²) in [5, 5.41) is 10.1. The van der Waals surface area contributed by atoms with E-state index in [1.165, 1.54) is 25.7 Å². The van der Waals surface area contributed by atoms with Crippen LogP contribution in [0, 0.1) is 5.92 Å². The number of thioether (sulfide) groups is 1. The molecule has 0 spiro atoms. The topological polar surface area (TPSA) is 37.3 Å². The van der Waals surface area contributed by atoms with Crippen molar-refractivity contribution in [3.05, 3.63) is 29.8 Å². The maximum absolute atomic E-state index is 11.3. The van der Waals surface area contributed by atoms with Gasteiger partial charge in [-0.2, -0.15) is 0 Å². The van der Waals surface area contributed by atoms with Crippen LogP contribution < -0.4 is 0 Å². The Kier molecular flexibility index (Phi) is 5.46. The van der Waals surface area contributed by atoms with Crippen LogP contribution in [0.4, 0.5) is 0 Å². The smallest absolute Gasteiger partial charge is 0.159 e. The fourth-order valence-electron chi connectivity index (χ4n) is 2.70. The van der Waals surface area contributed by atoms with Crippen LogP contribution in [0.2, 0.25) is 0 Å². The van der Waals surface area contributed by atoms with Gasteiger partial charge in [0.15, 0.2) is 5.78 Å². The first-order valence-electron chi connectivity index (χ1n) is 7.07. The zero-order valence-corrected chi connectivity index (χ0v) is 12.3. The minimum Gasteiger partial charge on any atom is -0.392 e. The molecule has 1 aromatic carbocycles. The zero-order valence-electron chi connectivity index (χ0n) is 11.5. The summed E-state index contributed by atoms with van der Waals surface area (Å²) in [6.45, 7) is 1.58. The number of hydrogen-bond donors (Lipinski definition) is 1. The molecule has 1 unspecified atom stereocenters. The number of aliphatic hydroxyl groups excluding tert-OH is 1. The molecule has 1 saturated carbocycles. The normalized spacial score (nSPS) is 17.6. The van der Waals surface area contributed by atoms with Crippen molar-refractivity contribution < 1.29 is 9.90 Å². The molecule has 0 amide bonds. The quantitative estimate of drug-likeness (QED) is 0.633. The van der Waals surface area contributed by atoms with Crippen LogP contribution >= 0.6 is 11.8 Å². The summed E-state index contributed by atoms with van der Waals surface area (Å²) in [5.74, 6) is 1.53. The second-order valence-corrected chi connectivity index (χ2v) is 6.53. The third-order valence-electron chi connectivity index (χ3n) is 3.76. The number of carbonyl (C=O) groups is 1. The van der Waals surface area contributed by atoms with Gasteiger partial charge in [-0.15, -0.1) is 11.8 Å². The largest absolute Gasteiger partial charge is 0.392 e. The molecule has 1 N–H and O–H groups in total. The van der Waals surface area contributed by atoms with E-state index in [9.17, 15) is 9.90 Å². The third kappa shape index (κ3) is 4.66. The Labute approximate surface area is 119 Å². The highest BCUT2D eigenvalue weighted by molar-refractivity contribution is 7.99. The Morgan fingerprint density at radius 3 is 2.84 bits per heavy atom. The predicted octanol–water partition coefficient (Wildman–Crippen LogP) is 3.92. The van der Waals surface area contributed by atoms with Crippen molar-refractivity contribution in [2.24, 2.45) is 5.92 Å². The van der Waals surface area contributed by atoms with E-state index in [1.807, 2.05) is 24.3 Å². The van der Waals surface area contributed by atoms with E-state index in [0.29, 0.717) is 0 Å². The van der Waals surface area contributed by atoms with Gasteiger partial charge in [0.2, 0.25) is 0 Å². The van der Waals surface area contributed by atoms with Crippen molar-refractivity contribution >= 4 is 17.5 Å². The lowest BCUT2D eigenvalue weighted by Crippen LogP contribution is -2.14. The van der Waals surface area contributed by atoms with Crippen molar-refractivity contribution in [1.29, 1.82) is 0 Å². The molecule has 104 valence electrons. The maximum atomic E-state index is 11.3. The van der Waals surface area contributed by atoms with Gasteiger partial charge in [0, 0.05) is 16.2 Å². The highest BCUT2D eigenvalue weighted by atomic mass is 32.2. The van der Waals surface area contributed by atoms with Crippen LogP contribution in [0.25, 0.3) is 0 Å². The molecule has 0 aromatic heterocycles. The number of benzene rings is 1. The monoisotopic (exact) mass is 278 g/mol.